The molecular weight excluding hydrogens is 352 g/mol. The molecule has 3 aromatic rings. The van der Waals surface area contributed by atoms with Gasteiger partial charge in [-0.05, 0) is 27.8 Å². The van der Waals surface area contributed by atoms with Gasteiger partial charge in [0.15, 0.2) is 0 Å². The van der Waals surface area contributed by atoms with E-state index in [0.717, 1.165) is 16.7 Å². The maximum Gasteiger partial charge on any atom is 0.319 e. The van der Waals surface area contributed by atoms with Gasteiger partial charge in [-0.2, -0.15) is 0 Å². The first-order valence-electron chi connectivity index (χ1n) is 8.95. The lowest BCUT2D eigenvalue weighted by Crippen LogP contribution is -2.48. The van der Waals surface area contributed by atoms with E-state index in [1.54, 1.807) is 48.5 Å². The van der Waals surface area contributed by atoms with E-state index in [1.807, 2.05) is 36.4 Å². The molecule has 0 aliphatic heterocycles. The van der Waals surface area contributed by atoms with Gasteiger partial charge in [0.1, 0.15) is 5.41 Å². The van der Waals surface area contributed by atoms with Crippen LogP contribution in [-0.4, -0.2) is 22.2 Å². The molecule has 138 valence electrons. The molecule has 0 radical (unpaired) electrons. The van der Waals surface area contributed by atoms with Crippen LogP contribution in [0, 0.1) is 5.92 Å². The largest absolute Gasteiger partial charge is 0.481 e. The fourth-order valence-corrected chi connectivity index (χ4v) is 4.14. The van der Waals surface area contributed by atoms with E-state index in [4.69, 9.17) is 0 Å². The fourth-order valence-electron chi connectivity index (χ4n) is 4.14. The highest BCUT2D eigenvalue weighted by atomic mass is 16.4. The molecule has 2 N–H and O–H groups in total. The number of carboxylic acid groups (broad SMARTS) is 2. The maximum absolute atomic E-state index is 12.7. The number of hydrogen-bond acceptors (Lipinski definition) is 2. The van der Waals surface area contributed by atoms with Crippen LogP contribution >= 0.6 is 0 Å². The average molecular weight is 370 g/mol. The van der Waals surface area contributed by atoms with Crippen molar-refractivity contribution in [1.29, 1.82) is 0 Å². The number of fused-ring (bicyclic) bond motifs is 1. The summed E-state index contributed by atoms with van der Waals surface area (Å²) in [5.74, 6) is -3.56. The first kappa shape index (κ1) is 17.7. The topological polar surface area (TPSA) is 74.6 Å². The molecule has 3 aromatic carbocycles. The van der Waals surface area contributed by atoms with Crippen molar-refractivity contribution in [3.8, 4) is 11.1 Å². The highest BCUT2D eigenvalue weighted by Crippen LogP contribution is 2.47. The number of carboxylic acids is 2. The Morgan fingerprint density at radius 3 is 2.04 bits per heavy atom. The van der Waals surface area contributed by atoms with Crippen molar-refractivity contribution < 1.29 is 19.8 Å². The molecule has 4 nitrogen and oxygen atoms in total. The number of rotatable bonds is 4. The van der Waals surface area contributed by atoms with Gasteiger partial charge in [-0.25, -0.2) is 0 Å². The van der Waals surface area contributed by atoms with Gasteiger partial charge >= 0.3 is 11.9 Å². The lowest BCUT2D eigenvalue weighted by molar-refractivity contribution is -0.152. The first-order valence-corrected chi connectivity index (χ1v) is 8.95. The predicted octanol–water partition coefficient (Wildman–Crippen LogP) is 4.45. The van der Waals surface area contributed by atoms with Crippen molar-refractivity contribution in [2.75, 3.05) is 0 Å². The van der Waals surface area contributed by atoms with E-state index >= 15 is 0 Å². The van der Waals surface area contributed by atoms with Crippen LogP contribution in [0.3, 0.4) is 0 Å². The van der Waals surface area contributed by atoms with E-state index in [9.17, 15) is 19.8 Å². The average Bonchev–Trinajstić information content (AvgIpc) is 2.73. The Balaban J connectivity index is 2.08. The summed E-state index contributed by atoms with van der Waals surface area (Å²) in [6.07, 6.45) is 3.23. The summed E-state index contributed by atoms with van der Waals surface area (Å²) >= 11 is 0. The Hall–Kier alpha value is -3.66. The van der Waals surface area contributed by atoms with Crippen LogP contribution in [0.1, 0.15) is 16.7 Å². The summed E-state index contributed by atoms with van der Waals surface area (Å²) in [5, 5.41) is 20.3. The second-order valence-electron chi connectivity index (χ2n) is 6.79. The zero-order valence-corrected chi connectivity index (χ0v) is 14.9. The monoisotopic (exact) mass is 370 g/mol. The van der Waals surface area contributed by atoms with Gasteiger partial charge in [-0.1, -0.05) is 91.0 Å². The lowest BCUT2D eigenvalue weighted by atomic mass is 9.61. The molecule has 0 amide bonds. The van der Waals surface area contributed by atoms with Gasteiger partial charge in [-0.15, -0.1) is 0 Å². The Bertz CT molecular complexity index is 1070. The highest BCUT2D eigenvalue weighted by Gasteiger charge is 2.54. The molecule has 0 heterocycles. The van der Waals surface area contributed by atoms with Gasteiger partial charge < -0.3 is 10.2 Å². The van der Waals surface area contributed by atoms with E-state index in [1.165, 1.54) is 6.08 Å². The summed E-state index contributed by atoms with van der Waals surface area (Å²) in [6, 6.07) is 23.7. The van der Waals surface area contributed by atoms with Crippen molar-refractivity contribution in [1.82, 2.24) is 0 Å². The van der Waals surface area contributed by atoms with Crippen molar-refractivity contribution in [2.24, 2.45) is 5.92 Å². The number of aliphatic carboxylic acids is 2. The predicted molar refractivity (Wildman–Crippen MR) is 107 cm³/mol. The molecule has 4 rings (SSSR count). The molecule has 4 heteroatoms. The minimum Gasteiger partial charge on any atom is -0.481 e. The Kier molecular flexibility index (Phi) is 4.32. The van der Waals surface area contributed by atoms with Crippen LogP contribution in [0.25, 0.3) is 17.2 Å². The summed E-state index contributed by atoms with van der Waals surface area (Å²) in [4.78, 5) is 24.8. The smallest absolute Gasteiger partial charge is 0.319 e. The summed E-state index contributed by atoms with van der Waals surface area (Å²) in [6.45, 7) is 0. The lowest BCUT2D eigenvalue weighted by Gasteiger charge is -2.38. The molecule has 1 aliphatic rings. The molecule has 0 spiro atoms. The molecule has 0 saturated carbocycles. The third kappa shape index (κ3) is 2.54. The van der Waals surface area contributed by atoms with Crippen LogP contribution < -0.4 is 0 Å². The number of carbonyl (C=O) groups is 2. The Morgan fingerprint density at radius 2 is 1.43 bits per heavy atom. The molecule has 0 fully saturated rings. The third-order valence-corrected chi connectivity index (χ3v) is 5.37. The van der Waals surface area contributed by atoms with Crippen LogP contribution in [0.4, 0.5) is 0 Å². The molecule has 0 saturated heterocycles. The van der Waals surface area contributed by atoms with Gasteiger partial charge in [0.05, 0.1) is 5.92 Å². The third-order valence-electron chi connectivity index (χ3n) is 5.37. The van der Waals surface area contributed by atoms with Crippen molar-refractivity contribution in [3.63, 3.8) is 0 Å². The van der Waals surface area contributed by atoms with Crippen molar-refractivity contribution in [2.45, 2.75) is 5.41 Å². The number of hydrogen-bond donors (Lipinski definition) is 2. The molecule has 28 heavy (non-hydrogen) atoms. The normalized spacial score (nSPS) is 20.4. The Labute approximate surface area is 162 Å². The van der Waals surface area contributed by atoms with E-state index < -0.39 is 23.3 Å². The van der Waals surface area contributed by atoms with E-state index in [2.05, 4.69) is 0 Å². The molecular formula is C24H18O4. The van der Waals surface area contributed by atoms with Crippen molar-refractivity contribution >= 4 is 18.0 Å². The van der Waals surface area contributed by atoms with Gasteiger partial charge in [0.2, 0.25) is 0 Å². The summed E-state index contributed by atoms with van der Waals surface area (Å²) in [7, 11) is 0. The van der Waals surface area contributed by atoms with Crippen LogP contribution in [-0.2, 0) is 15.0 Å². The zero-order valence-electron chi connectivity index (χ0n) is 14.9. The molecule has 0 aromatic heterocycles. The second kappa shape index (κ2) is 6.82. The Morgan fingerprint density at radius 1 is 0.786 bits per heavy atom. The minimum atomic E-state index is -1.71. The minimum absolute atomic E-state index is 0.450. The summed E-state index contributed by atoms with van der Waals surface area (Å²) < 4.78 is 0. The van der Waals surface area contributed by atoms with Crippen LogP contribution in [0.15, 0.2) is 84.9 Å². The zero-order chi connectivity index (χ0) is 19.7. The molecule has 2 atom stereocenters. The maximum atomic E-state index is 12.7. The van der Waals surface area contributed by atoms with E-state index in [-0.39, 0.29) is 0 Å². The molecule has 2 unspecified atom stereocenters. The fraction of sp³-hybridized carbons (Fsp3) is 0.0833. The quantitative estimate of drug-likeness (QED) is 0.711. The standard InChI is InChI=1S/C24H18O4/c25-22(26)21-15-14-19-18(16-8-3-1-4-9-16)12-7-13-20(19)24(21,23(27)28)17-10-5-2-6-11-17/h1-15,21H,(H,25,26)(H,27,28). The van der Waals surface area contributed by atoms with Gasteiger partial charge in [0, 0.05) is 0 Å². The summed E-state index contributed by atoms with van der Waals surface area (Å²) in [5.41, 5.74) is 1.79. The first-order chi connectivity index (χ1) is 13.6. The number of benzene rings is 3. The van der Waals surface area contributed by atoms with Gasteiger partial charge in [-0.3, -0.25) is 9.59 Å². The highest BCUT2D eigenvalue weighted by molar-refractivity contribution is 5.98. The SMILES string of the molecule is O=C(O)C1C=Cc2c(-c3ccccc3)cccc2C1(C(=O)O)c1ccccc1. The molecule has 0 bridgehead atoms. The van der Waals surface area contributed by atoms with Gasteiger partial charge in [0.25, 0.3) is 0 Å². The second-order valence-corrected chi connectivity index (χ2v) is 6.79. The van der Waals surface area contributed by atoms with Crippen LogP contribution in [0.2, 0.25) is 0 Å². The van der Waals surface area contributed by atoms with Crippen molar-refractivity contribution in [3.05, 3.63) is 102 Å². The van der Waals surface area contributed by atoms with Crippen LogP contribution in [0.5, 0.6) is 0 Å². The molecule has 1 aliphatic carbocycles. The van der Waals surface area contributed by atoms with E-state index in [0.29, 0.717) is 11.1 Å².